The fourth-order valence-corrected chi connectivity index (χ4v) is 1.96. The van der Waals surface area contributed by atoms with Gasteiger partial charge in [0.05, 0.1) is 0 Å². The highest BCUT2D eigenvalue weighted by Crippen LogP contribution is 2.25. The standard InChI is InChI=1S/C15H10/c1-2-6-12-10-11-13-7-4-5-9-15(13)14(12)8-3-1/h1,3-11H. The van der Waals surface area contributed by atoms with E-state index in [1.165, 1.54) is 21.9 Å². The molecule has 0 amide bonds. The lowest BCUT2D eigenvalue weighted by molar-refractivity contribution is 1.67. The Labute approximate surface area is 88.9 Å². The van der Waals surface area contributed by atoms with Gasteiger partial charge in [0.15, 0.2) is 0 Å². The lowest BCUT2D eigenvalue weighted by Gasteiger charge is -2.05. The van der Waals surface area contributed by atoms with Crippen LogP contribution in [0.4, 0.5) is 0 Å². The molecule has 0 saturated carbocycles. The van der Waals surface area contributed by atoms with E-state index in [1.54, 1.807) is 0 Å². The monoisotopic (exact) mass is 190 g/mol. The summed E-state index contributed by atoms with van der Waals surface area (Å²) in [5, 5.41) is 2.59. The molecule has 0 heteroatoms. The molecule has 2 aromatic rings. The van der Waals surface area contributed by atoms with E-state index in [0.717, 1.165) is 0 Å². The molecule has 0 aromatic heterocycles. The summed E-state index contributed by atoms with van der Waals surface area (Å²) in [6.45, 7) is 0. The van der Waals surface area contributed by atoms with Gasteiger partial charge in [-0.1, -0.05) is 48.6 Å². The lowest BCUT2D eigenvalue weighted by Crippen LogP contribution is -1.83. The molecule has 0 heterocycles. The predicted molar refractivity (Wildman–Crippen MR) is 65.5 cm³/mol. The topological polar surface area (TPSA) is 0 Å². The molecule has 0 unspecified atom stereocenters. The zero-order valence-electron chi connectivity index (χ0n) is 8.27. The highest BCUT2D eigenvalue weighted by Gasteiger charge is 2.02. The van der Waals surface area contributed by atoms with Gasteiger partial charge in [-0.2, -0.15) is 0 Å². The van der Waals surface area contributed by atoms with Gasteiger partial charge in [-0.3, -0.25) is 0 Å². The second-order valence-corrected chi connectivity index (χ2v) is 3.63. The van der Waals surface area contributed by atoms with Gasteiger partial charge in [-0.15, -0.1) is 5.73 Å². The van der Waals surface area contributed by atoms with Crippen molar-refractivity contribution < 1.29 is 0 Å². The Kier molecular flexibility index (Phi) is 1.81. The number of allylic oxidation sites excluding steroid dienone is 2. The van der Waals surface area contributed by atoms with Crippen LogP contribution in [0.1, 0.15) is 11.1 Å². The van der Waals surface area contributed by atoms with E-state index in [0.29, 0.717) is 0 Å². The first kappa shape index (κ1) is 8.28. The van der Waals surface area contributed by atoms with Gasteiger partial charge in [-0.05, 0) is 34.1 Å². The fraction of sp³-hybridized carbons (Fsp3) is 0. The van der Waals surface area contributed by atoms with Crippen LogP contribution < -0.4 is 0 Å². The van der Waals surface area contributed by atoms with Crippen LogP contribution in [-0.4, -0.2) is 0 Å². The summed E-state index contributed by atoms with van der Waals surface area (Å²) in [7, 11) is 0. The minimum Gasteiger partial charge on any atom is -0.120 e. The van der Waals surface area contributed by atoms with Gasteiger partial charge in [0.2, 0.25) is 0 Å². The molecule has 1 aliphatic carbocycles. The zero-order chi connectivity index (χ0) is 10.1. The largest absolute Gasteiger partial charge is 0.120 e. The van der Waals surface area contributed by atoms with Crippen LogP contribution in [0.2, 0.25) is 0 Å². The molecule has 15 heavy (non-hydrogen) atoms. The van der Waals surface area contributed by atoms with E-state index in [1.807, 2.05) is 18.2 Å². The van der Waals surface area contributed by atoms with Crippen LogP contribution in [0, 0.1) is 0 Å². The van der Waals surface area contributed by atoms with Crippen LogP contribution in [0.5, 0.6) is 0 Å². The molecule has 0 aliphatic heterocycles. The normalized spacial score (nSPS) is 12.8. The Morgan fingerprint density at radius 3 is 2.87 bits per heavy atom. The maximum atomic E-state index is 3.13. The Morgan fingerprint density at radius 1 is 0.933 bits per heavy atom. The van der Waals surface area contributed by atoms with Crippen molar-refractivity contribution in [1.29, 1.82) is 0 Å². The molecule has 2 aromatic carbocycles. The molecule has 0 spiro atoms. The average Bonchev–Trinajstić information content (AvgIpc) is 2.54. The summed E-state index contributed by atoms with van der Waals surface area (Å²) >= 11 is 0. The molecule has 0 radical (unpaired) electrons. The molecule has 0 atom stereocenters. The van der Waals surface area contributed by atoms with Crippen molar-refractivity contribution in [2.75, 3.05) is 0 Å². The van der Waals surface area contributed by atoms with E-state index in [9.17, 15) is 0 Å². The number of hydrogen-bond donors (Lipinski definition) is 0. The minimum absolute atomic E-state index is 1.23. The van der Waals surface area contributed by atoms with Gasteiger partial charge in [0.25, 0.3) is 0 Å². The number of hydrogen-bond acceptors (Lipinski definition) is 0. The summed E-state index contributed by atoms with van der Waals surface area (Å²) in [5.74, 6) is 0. The van der Waals surface area contributed by atoms with Crippen LogP contribution in [-0.2, 0) is 0 Å². The third-order valence-corrected chi connectivity index (χ3v) is 2.70. The highest BCUT2D eigenvalue weighted by molar-refractivity contribution is 5.94. The number of rotatable bonds is 0. The van der Waals surface area contributed by atoms with Crippen molar-refractivity contribution in [3.63, 3.8) is 0 Å². The summed E-state index contributed by atoms with van der Waals surface area (Å²) in [4.78, 5) is 0. The Bertz CT molecular complexity index is 609. The van der Waals surface area contributed by atoms with Gasteiger partial charge in [0, 0.05) is 0 Å². The van der Waals surface area contributed by atoms with E-state index in [2.05, 4.69) is 48.2 Å². The molecule has 0 nitrogen and oxygen atoms in total. The lowest BCUT2D eigenvalue weighted by atomic mass is 9.99. The van der Waals surface area contributed by atoms with Crippen LogP contribution in [0.15, 0.2) is 54.3 Å². The second kappa shape index (κ2) is 3.27. The first-order valence-corrected chi connectivity index (χ1v) is 5.06. The fourth-order valence-electron chi connectivity index (χ4n) is 1.96. The molecule has 0 N–H and O–H groups in total. The molecular formula is C15H10. The van der Waals surface area contributed by atoms with Crippen molar-refractivity contribution in [2.24, 2.45) is 0 Å². The predicted octanol–water partition coefficient (Wildman–Crippen LogP) is 4.03. The Morgan fingerprint density at radius 2 is 1.87 bits per heavy atom. The average molecular weight is 190 g/mol. The summed E-state index contributed by atoms with van der Waals surface area (Å²) < 4.78 is 0. The molecule has 0 fully saturated rings. The second-order valence-electron chi connectivity index (χ2n) is 3.63. The maximum absolute atomic E-state index is 3.13. The van der Waals surface area contributed by atoms with Gasteiger partial charge >= 0.3 is 0 Å². The number of fused-ring (bicyclic) bond motifs is 3. The van der Waals surface area contributed by atoms with E-state index in [4.69, 9.17) is 0 Å². The first-order chi connectivity index (χ1) is 7.45. The van der Waals surface area contributed by atoms with E-state index < -0.39 is 0 Å². The third kappa shape index (κ3) is 1.32. The summed E-state index contributed by atoms with van der Waals surface area (Å²) in [6, 6.07) is 12.8. The SMILES string of the molecule is C1=CC=Cc2c(ccc3ccccc23)C=1. The first-order valence-electron chi connectivity index (χ1n) is 5.06. The molecule has 0 bridgehead atoms. The smallest absolute Gasteiger partial charge is 0.00990 e. The van der Waals surface area contributed by atoms with Gasteiger partial charge in [0.1, 0.15) is 0 Å². The Hall–Kier alpha value is -2.04. The summed E-state index contributed by atoms with van der Waals surface area (Å²) in [6.07, 6.45) is 8.15. The summed E-state index contributed by atoms with van der Waals surface area (Å²) in [5.41, 5.74) is 5.65. The highest BCUT2D eigenvalue weighted by atomic mass is 14.1. The van der Waals surface area contributed by atoms with Crippen LogP contribution in [0.3, 0.4) is 0 Å². The van der Waals surface area contributed by atoms with Crippen molar-refractivity contribution in [3.8, 4) is 0 Å². The zero-order valence-corrected chi connectivity index (χ0v) is 8.27. The third-order valence-electron chi connectivity index (χ3n) is 2.70. The number of benzene rings is 2. The van der Waals surface area contributed by atoms with Gasteiger partial charge < -0.3 is 0 Å². The molecule has 70 valence electrons. The van der Waals surface area contributed by atoms with Gasteiger partial charge in [-0.25, -0.2) is 0 Å². The quantitative estimate of drug-likeness (QED) is 0.550. The minimum atomic E-state index is 1.23. The van der Waals surface area contributed by atoms with E-state index in [-0.39, 0.29) is 0 Å². The molecular weight excluding hydrogens is 180 g/mol. The van der Waals surface area contributed by atoms with Crippen molar-refractivity contribution >= 4 is 22.9 Å². The molecule has 1 aliphatic rings. The molecule has 0 saturated heterocycles. The molecule has 3 rings (SSSR count). The maximum Gasteiger partial charge on any atom is -0.00990 e. The van der Waals surface area contributed by atoms with Crippen LogP contribution >= 0.6 is 0 Å². The van der Waals surface area contributed by atoms with E-state index >= 15 is 0 Å². The Balaban J connectivity index is 2.45. The van der Waals surface area contributed by atoms with Crippen LogP contribution in [0.25, 0.3) is 22.9 Å². The van der Waals surface area contributed by atoms with Crippen molar-refractivity contribution in [2.45, 2.75) is 0 Å². The van der Waals surface area contributed by atoms with Crippen molar-refractivity contribution in [3.05, 3.63) is 65.4 Å². The van der Waals surface area contributed by atoms with Crippen molar-refractivity contribution in [1.82, 2.24) is 0 Å².